The van der Waals surface area contributed by atoms with Crippen LogP contribution in [0.25, 0.3) is 0 Å². The third-order valence-corrected chi connectivity index (χ3v) is 7.63. The van der Waals surface area contributed by atoms with E-state index < -0.39 is 27.5 Å². The zero-order chi connectivity index (χ0) is 23.6. The van der Waals surface area contributed by atoms with Gasteiger partial charge in [-0.3, -0.25) is 9.69 Å². The van der Waals surface area contributed by atoms with Gasteiger partial charge in [0, 0.05) is 6.54 Å². The second kappa shape index (κ2) is 12.7. The summed E-state index contributed by atoms with van der Waals surface area (Å²) in [6.45, 7) is 6.06. The first-order valence-corrected chi connectivity index (χ1v) is 13.6. The van der Waals surface area contributed by atoms with Crippen molar-refractivity contribution in [1.29, 1.82) is 0 Å². The minimum Gasteiger partial charge on any atom is -0.462 e. The molecule has 0 N–H and O–H groups in total. The number of hydrogen-bond acceptors (Lipinski definition) is 7. The molecule has 1 aromatic heterocycles. The van der Waals surface area contributed by atoms with Crippen LogP contribution in [0.1, 0.15) is 60.5 Å². The standard InChI is InChI=1S/C23H32N2O5S2/c1-4-6-10-15-25(23-24-18(3)21(31-23)22(27)30-5-2)20(26)17-32(28,29)16-11-14-19-12-8-7-9-13-19/h7-9,12-13H,4-6,10-11,14-17H2,1-3H3. The van der Waals surface area contributed by atoms with Crippen molar-refractivity contribution >= 4 is 38.2 Å². The van der Waals surface area contributed by atoms with Crippen LogP contribution in [0.15, 0.2) is 30.3 Å². The zero-order valence-electron chi connectivity index (χ0n) is 19.0. The van der Waals surface area contributed by atoms with Crippen LogP contribution in [0.2, 0.25) is 0 Å². The van der Waals surface area contributed by atoms with Crippen LogP contribution in [-0.4, -0.2) is 49.9 Å². The molecule has 7 nitrogen and oxygen atoms in total. The van der Waals surface area contributed by atoms with E-state index in [9.17, 15) is 18.0 Å². The molecule has 2 aromatic rings. The molecule has 0 spiro atoms. The lowest BCUT2D eigenvalue weighted by molar-refractivity contribution is -0.116. The number of sulfone groups is 1. The van der Waals surface area contributed by atoms with Crippen molar-refractivity contribution in [3.05, 3.63) is 46.5 Å². The van der Waals surface area contributed by atoms with Gasteiger partial charge in [0.05, 0.1) is 18.1 Å². The predicted molar refractivity (Wildman–Crippen MR) is 128 cm³/mol. The van der Waals surface area contributed by atoms with Crippen molar-refractivity contribution in [2.45, 2.75) is 52.9 Å². The summed E-state index contributed by atoms with van der Waals surface area (Å²) in [5, 5.41) is 0.339. The molecule has 0 aliphatic rings. The van der Waals surface area contributed by atoms with E-state index in [0.717, 1.165) is 36.2 Å². The quantitative estimate of drug-likeness (QED) is 0.315. The van der Waals surface area contributed by atoms with Crippen LogP contribution in [0.5, 0.6) is 0 Å². The number of esters is 1. The number of benzene rings is 1. The molecular weight excluding hydrogens is 448 g/mol. The van der Waals surface area contributed by atoms with Gasteiger partial charge in [-0.15, -0.1) is 0 Å². The van der Waals surface area contributed by atoms with Crippen molar-refractivity contribution in [3.8, 4) is 0 Å². The Morgan fingerprint density at radius 1 is 1.09 bits per heavy atom. The van der Waals surface area contributed by atoms with Crippen LogP contribution in [0.3, 0.4) is 0 Å². The highest BCUT2D eigenvalue weighted by Gasteiger charge is 2.27. The third-order valence-electron chi connectivity index (χ3n) is 4.87. The lowest BCUT2D eigenvalue weighted by atomic mass is 10.1. The van der Waals surface area contributed by atoms with Gasteiger partial charge in [0.1, 0.15) is 10.6 Å². The summed E-state index contributed by atoms with van der Waals surface area (Å²) < 4.78 is 30.3. The molecule has 0 saturated heterocycles. The van der Waals surface area contributed by atoms with Crippen LogP contribution in [-0.2, 0) is 25.8 Å². The molecule has 2 rings (SSSR count). The molecule has 0 aliphatic carbocycles. The molecule has 0 bridgehead atoms. The molecule has 1 aromatic carbocycles. The van der Waals surface area contributed by atoms with Gasteiger partial charge in [0.15, 0.2) is 15.0 Å². The van der Waals surface area contributed by atoms with E-state index in [1.807, 2.05) is 30.3 Å². The van der Waals surface area contributed by atoms with Crippen LogP contribution in [0.4, 0.5) is 5.13 Å². The fourth-order valence-electron chi connectivity index (χ4n) is 3.21. The molecule has 0 atom stereocenters. The van der Waals surface area contributed by atoms with Crippen molar-refractivity contribution < 1.29 is 22.7 Å². The Kier molecular flexibility index (Phi) is 10.3. The fraction of sp³-hybridized carbons (Fsp3) is 0.522. The molecule has 0 fully saturated rings. The lowest BCUT2D eigenvalue weighted by Gasteiger charge is -2.20. The number of unbranched alkanes of at least 4 members (excludes halogenated alkanes) is 2. The monoisotopic (exact) mass is 480 g/mol. The van der Waals surface area contributed by atoms with E-state index in [2.05, 4.69) is 11.9 Å². The van der Waals surface area contributed by atoms with Gasteiger partial charge >= 0.3 is 5.97 Å². The number of anilines is 1. The van der Waals surface area contributed by atoms with E-state index in [4.69, 9.17) is 4.74 Å². The first-order valence-electron chi connectivity index (χ1n) is 11.0. The normalized spacial score (nSPS) is 11.3. The Balaban J connectivity index is 2.09. The highest BCUT2D eigenvalue weighted by Crippen LogP contribution is 2.27. The molecule has 0 unspecified atom stereocenters. The van der Waals surface area contributed by atoms with Gasteiger partial charge in [-0.25, -0.2) is 18.2 Å². The number of aromatic nitrogens is 1. The number of thiazole rings is 1. The minimum atomic E-state index is -3.57. The molecule has 9 heteroatoms. The summed E-state index contributed by atoms with van der Waals surface area (Å²) in [6.07, 6.45) is 3.69. The molecule has 0 saturated carbocycles. The van der Waals surface area contributed by atoms with Crippen molar-refractivity contribution in [1.82, 2.24) is 4.98 Å². The third kappa shape index (κ3) is 8.02. The Morgan fingerprint density at radius 3 is 2.47 bits per heavy atom. The van der Waals surface area contributed by atoms with Gasteiger partial charge < -0.3 is 4.74 Å². The number of hydrogen-bond donors (Lipinski definition) is 0. The Morgan fingerprint density at radius 2 is 1.81 bits per heavy atom. The van der Waals surface area contributed by atoms with Crippen LogP contribution < -0.4 is 4.90 Å². The Hall–Kier alpha value is -2.26. The molecule has 1 heterocycles. The van der Waals surface area contributed by atoms with Gasteiger partial charge in [0.25, 0.3) is 0 Å². The van der Waals surface area contributed by atoms with Gasteiger partial charge in [-0.1, -0.05) is 61.4 Å². The van der Waals surface area contributed by atoms with Crippen molar-refractivity contribution in [3.63, 3.8) is 0 Å². The number of amides is 1. The number of carbonyl (C=O) groups excluding carboxylic acids is 2. The minimum absolute atomic E-state index is 0.0542. The maximum Gasteiger partial charge on any atom is 0.350 e. The number of rotatable bonds is 13. The van der Waals surface area contributed by atoms with E-state index in [1.54, 1.807) is 13.8 Å². The largest absolute Gasteiger partial charge is 0.462 e. The second-order valence-corrected chi connectivity index (χ2v) is 10.7. The molecule has 0 radical (unpaired) electrons. The predicted octanol–water partition coefficient (Wildman–Crippen LogP) is 4.20. The summed E-state index contributed by atoms with van der Waals surface area (Å²) in [7, 11) is -3.57. The maximum absolute atomic E-state index is 13.0. The Bertz CT molecular complexity index is 987. The molecule has 176 valence electrons. The van der Waals surface area contributed by atoms with Crippen LogP contribution >= 0.6 is 11.3 Å². The summed E-state index contributed by atoms with van der Waals surface area (Å²) in [4.78, 5) is 31.3. The zero-order valence-corrected chi connectivity index (χ0v) is 20.6. The summed E-state index contributed by atoms with van der Waals surface area (Å²) >= 11 is 1.07. The average molecular weight is 481 g/mol. The smallest absolute Gasteiger partial charge is 0.350 e. The highest BCUT2D eigenvalue weighted by atomic mass is 32.2. The SMILES string of the molecule is CCCCCN(C(=O)CS(=O)(=O)CCCc1ccccc1)c1nc(C)c(C(=O)OCC)s1. The molecule has 0 aliphatic heterocycles. The van der Waals surface area contributed by atoms with Crippen molar-refractivity contribution in [2.75, 3.05) is 29.6 Å². The average Bonchev–Trinajstić information content (AvgIpc) is 3.13. The van der Waals surface area contributed by atoms with Gasteiger partial charge in [-0.2, -0.15) is 0 Å². The summed E-state index contributed by atoms with van der Waals surface area (Å²) in [5.41, 5.74) is 1.54. The number of nitrogens with zero attached hydrogens (tertiary/aromatic N) is 2. The number of aryl methyl sites for hydroxylation is 2. The maximum atomic E-state index is 13.0. The van der Waals surface area contributed by atoms with Gasteiger partial charge in [-0.05, 0) is 38.7 Å². The number of ether oxygens (including phenoxy) is 1. The first kappa shape index (κ1) is 26.0. The van der Waals surface area contributed by atoms with Gasteiger partial charge in [0.2, 0.25) is 5.91 Å². The lowest BCUT2D eigenvalue weighted by Crippen LogP contribution is -2.37. The molecule has 32 heavy (non-hydrogen) atoms. The highest BCUT2D eigenvalue weighted by molar-refractivity contribution is 7.92. The summed E-state index contributed by atoms with van der Waals surface area (Å²) in [5.74, 6) is -1.61. The Labute approximate surface area is 194 Å². The molecular formula is C23H32N2O5S2. The summed E-state index contributed by atoms with van der Waals surface area (Å²) in [6, 6.07) is 9.67. The first-order chi connectivity index (χ1) is 15.3. The van der Waals surface area contributed by atoms with E-state index in [-0.39, 0.29) is 12.4 Å². The molecule has 1 amide bonds. The second-order valence-electron chi connectivity index (χ2n) is 7.57. The van der Waals surface area contributed by atoms with E-state index in [1.165, 1.54) is 4.90 Å². The topological polar surface area (TPSA) is 93.6 Å². The fourth-order valence-corrected chi connectivity index (χ4v) is 5.47. The van der Waals surface area contributed by atoms with E-state index >= 15 is 0 Å². The van der Waals surface area contributed by atoms with Crippen molar-refractivity contribution in [2.24, 2.45) is 0 Å². The number of carbonyl (C=O) groups is 2. The van der Waals surface area contributed by atoms with E-state index in [0.29, 0.717) is 35.1 Å². The van der Waals surface area contributed by atoms with Crippen LogP contribution in [0, 0.1) is 6.92 Å².